The molecule has 30 heavy (non-hydrogen) atoms. The van der Waals surface area contributed by atoms with Crippen molar-refractivity contribution in [3.8, 4) is 0 Å². The van der Waals surface area contributed by atoms with Gasteiger partial charge in [-0.1, -0.05) is 75.4 Å². The molecule has 2 saturated heterocycles. The zero-order valence-corrected chi connectivity index (χ0v) is 18.0. The molecule has 1 amide bonds. The summed E-state index contributed by atoms with van der Waals surface area (Å²) in [7, 11) is 0. The lowest BCUT2D eigenvalue weighted by Crippen LogP contribution is -2.62. The molecule has 2 aliphatic rings. The van der Waals surface area contributed by atoms with Gasteiger partial charge in [0.1, 0.15) is 6.61 Å². The molecule has 2 fully saturated rings. The quantitative estimate of drug-likeness (QED) is 0.818. The molecular formula is C25H31NO4. The lowest BCUT2D eigenvalue weighted by molar-refractivity contribution is -0.137. The number of amides is 1. The molecule has 5 heteroatoms. The van der Waals surface area contributed by atoms with Crippen LogP contribution in [0.4, 0.5) is 4.79 Å². The third-order valence-electron chi connectivity index (χ3n) is 6.24. The van der Waals surface area contributed by atoms with Gasteiger partial charge in [0.25, 0.3) is 0 Å². The highest BCUT2D eigenvalue weighted by molar-refractivity contribution is 5.69. The van der Waals surface area contributed by atoms with Crippen LogP contribution >= 0.6 is 0 Å². The van der Waals surface area contributed by atoms with E-state index in [0.717, 1.165) is 11.1 Å². The Hall–Kier alpha value is -2.37. The number of morpholine rings is 1. The van der Waals surface area contributed by atoms with E-state index in [4.69, 9.17) is 9.47 Å². The average Bonchev–Trinajstić information content (AvgIpc) is 2.72. The fraction of sp³-hybridized carbons (Fsp3) is 0.480. The molecule has 2 bridgehead atoms. The molecule has 1 N–H and O–H groups in total. The number of ether oxygens (including phenoxy) is 2. The standard InChI is InChI=1S/C25H31NO4/c1-24(2,3)19-10-7-11-20(12-19)25(28)13-21-16-29-17-22(14-25)26(21)23(27)30-15-18-8-5-4-6-9-18/h4-12,21-22,28H,13-17H2,1-3H3. The van der Waals surface area contributed by atoms with E-state index in [0.29, 0.717) is 26.1 Å². The summed E-state index contributed by atoms with van der Waals surface area (Å²) in [5.74, 6) is 0. The van der Waals surface area contributed by atoms with Gasteiger partial charge in [0.15, 0.2) is 0 Å². The summed E-state index contributed by atoms with van der Waals surface area (Å²) in [4.78, 5) is 14.7. The van der Waals surface area contributed by atoms with Crippen LogP contribution in [0.25, 0.3) is 0 Å². The van der Waals surface area contributed by atoms with Crippen molar-refractivity contribution in [2.24, 2.45) is 0 Å². The first-order chi connectivity index (χ1) is 14.3. The number of nitrogens with zero attached hydrogens (tertiary/aromatic N) is 1. The molecule has 2 atom stereocenters. The molecule has 2 aromatic carbocycles. The first-order valence-corrected chi connectivity index (χ1v) is 10.7. The molecule has 0 radical (unpaired) electrons. The fourth-order valence-electron chi connectivity index (χ4n) is 4.58. The van der Waals surface area contributed by atoms with Gasteiger partial charge < -0.3 is 14.6 Å². The van der Waals surface area contributed by atoms with Crippen LogP contribution in [-0.4, -0.2) is 41.4 Å². The maximum Gasteiger partial charge on any atom is 0.410 e. The Morgan fingerprint density at radius 2 is 1.77 bits per heavy atom. The Morgan fingerprint density at radius 1 is 1.10 bits per heavy atom. The minimum absolute atomic E-state index is 0.00724. The molecule has 2 aromatic rings. The number of aliphatic hydroxyl groups is 1. The van der Waals surface area contributed by atoms with Crippen molar-refractivity contribution in [3.63, 3.8) is 0 Å². The SMILES string of the molecule is CC(C)(C)c1cccc(C2(O)CC3COCC(C2)N3C(=O)OCc2ccccc2)c1. The zero-order valence-electron chi connectivity index (χ0n) is 18.0. The third kappa shape index (κ3) is 4.23. The second-order valence-electron chi connectivity index (χ2n) is 9.56. The van der Waals surface area contributed by atoms with E-state index in [2.05, 4.69) is 32.9 Å². The Balaban J connectivity index is 1.51. The molecule has 2 aliphatic heterocycles. The molecule has 160 valence electrons. The van der Waals surface area contributed by atoms with Crippen LogP contribution in [0.15, 0.2) is 54.6 Å². The highest BCUT2D eigenvalue weighted by Gasteiger charge is 2.49. The second kappa shape index (κ2) is 8.05. The van der Waals surface area contributed by atoms with Gasteiger partial charge in [0.2, 0.25) is 0 Å². The van der Waals surface area contributed by atoms with Crippen LogP contribution in [0.3, 0.4) is 0 Å². The van der Waals surface area contributed by atoms with Gasteiger partial charge in [-0.3, -0.25) is 4.90 Å². The Labute approximate surface area is 178 Å². The number of hydrogen-bond donors (Lipinski definition) is 1. The predicted octanol–water partition coefficient (Wildman–Crippen LogP) is 4.37. The lowest BCUT2D eigenvalue weighted by Gasteiger charge is -2.51. The summed E-state index contributed by atoms with van der Waals surface area (Å²) in [5, 5.41) is 11.6. The minimum Gasteiger partial charge on any atom is -0.445 e. The van der Waals surface area contributed by atoms with Gasteiger partial charge >= 0.3 is 6.09 Å². The van der Waals surface area contributed by atoms with Gasteiger partial charge in [0.05, 0.1) is 30.9 Å². The number of carbonyl (C=O) groups excluding carboxylic acids is 1. The summed E-state index contributed by atoms with van der Waals surface area (Å²) < 4.78 is 11.3. The van der Waals surface area contributed by atoms with Gasteiger partial charge in [-0.2, -0.15) is 0 Å². The largest absolute Gasteiger partial charge is 0.445 e. The normalized spacial score (nSPS) is 26.3. The van der Waals surface area contributed by atoms with Crippen molar-refractivity contribution < 1.29 is 19.4 Å². The maximum absolute atomic E-state index is 12.9. The Bertz CT molecular complexity index is 876. The predicted molar refractivity (Wildman–Crippen MR) is 115 cm³/mol. The molecule has 0 aromatic heterocycles. The summed E-state index contributed by atoms with van der Waals surface area (Å²) in [5.41, 5.74) is 2.10. The van der Waals surface area contributed by atoms with E-state index in [1.165, 1.54) is 5.56 Å². The molecule has 2 heterocycles. The highest BCUT2D eigenvalue weighted by Crippen LogP contribution is 2.42. The molecular weight excluding hydrogens is 378 g/mol. The van der Waals surface area contributed by atoms with E-state index in [9.17, 15) is 9.90 Å². The highest BCUT2D eigenvalue weighted by atomic mass is 16.6. The van der Waals surface area contributed by atoms with Crippen LogP contribution in [-0.2, 0) is 27.1 Å². The number of rotatable bonds is 3. The summed E-state index contributed by atoms with van der Waals surface area (Å²) in [6.45, 7) is 7.59. The number of piperidine rings is 1. The molecule has 5 nitrogen and oxygen atoms in total. The van der Waals surface area contributed by atoms with Crippen LogP contribution in [0.1, 0.15) is 50.3 Å². The van der Waals surface area contributed by atoms with Crippen molar-refractivity contribution in [1.29, 1.82) is 0 Å². The number of hydrogen-bond acceptors (Lipinski definition) is 4. The smallest absolute Gasteiger partial charge is 0.410 e. The Kier molecular flexibility index (Phi) is 5.60. The van der Waals surface area contributed by atoms with Crippen molar-refractivity contribution in [3.05, 3.63) is 71.3 Å². The lowest BCUT2D eigenvalue weighted by atomic mass is 9.75. The van der Waals surface area contributed by atoms with E-state index >= 15 is 0 Å². The van der Waals surface area contributed by atoms with Gasteiger partial charge in [-0.25, -0.2) is 4.79 Å². The maximum atomic E-state index is 12.9. The molecule has 2 unspecified atom stereocenters. The van der Waals surface area contributed by atoms with E-state index in [-0.39, 0.29) is 30.2 Å². The van der Waals surface area contributed by atoms with Crippen molar-refractivity contribution >= 4 is 6.09 Å². The van der Waals surface area contributed by atoms with Crippen LogP contribution in [0.5, 0.6) is 0 Å². The van der Waals surface area contributed by atoms with Gasteiger partial charge in [-0.05, 0) is 22.1 Å². The van der Waals surface area contributed by atoms with Crippen molar-refractivity contribution in [2.45, 2.75) is 63.3 Å². The molecule has 4 rings (SSSR count). The van der Waals surface area contributed by atoms with Crippen molar-refractivity contribution in [2.75, 3.05) is 13.2 Å². The summed E-state index contributed by atoms with van der Waals surface area (Å²) in [6.07, 6.45) is 0.553. The van der Waals surface area contributed by atoms with Crippen molar-refractivity contribution in [1.82, 2.24) is 4.90 Å². The Morgan fingerprint density at radius 3 is 2.40 bits per heavy atom. The number of fused-ring (bicyclic) bond motifs is 2. The molecule has 0 aliphatic carbocycles. The van der Waals surface area contributed by atoms with Crippen LogP contribution < -0.4 is 0 Å². The minimum atomic E-state index is -0.976. The number of benzene rings is 2. The fourth-order valence-corrected chi connectivity index (χ4v) is 4.58. The average molecular weight is 410 g/mol. The van der Waals surface area contributed by atoms with Crippen LogP contribution in [0.2, 0.25) is 0 Å². The first-order valence-electron chi connectivity index (χ1n) is 10.7. The van der Waals surface area contributed by atoms with E-state index in [1.807, 2.05) is 42.5 Å². The van der Waals surface area contributed by atoms with E-state index < -0.39 is 5.60 Å². The second-order valence-corrected chi connectivity index (χ2v) is 9.56. The third-order valence-corrected chi connectivity index (χ3v) is 6.24. The summed E-state index contributed by atoms with van der Waals surface area (Å²) in [6, 6.07) is 17.5. The van der Waals surface area contributed by atoms with Crippen LogP contribution in [0, 0.1) is 0 Å². The number of carbonyl (C=O) groups is 1. The topological polar surface area (TPSA) is 59.0 Å². The summed E-state index contributed by atoms with van der Waals surface area (Å²) >= 11 is 0. The van der Waals surface area contributed by atoms with E-state index in [1.54, 1.807) is 4.90 Å². The van der Waals surface area contributed by atoms with Gasteiger partial charge in [-0.15, -0.1) is 0 Å². The molecule has 0 spiro atoms. The monoisotopic (exact) mass is 409 g/mol. The zero-order chi connectivity index (χ0) is 21.4. The first kappa shape index (κ1) is 20.9. The van der Waals surface area contributed by atoms with Gasteiger partial charge in [0, 0.05) is 12.8 Å². The molecule has 0 saturated carbocycles.